The summed E-state index contributed by atoms with van der Waals surface area (Å²) < 4.78 is 20.1. The number of aromatic amines is 1. The molecule has 3 rings (SSSR count). The third-order valence-corrected chi connectivity index (χ3v) is 3.36. The molecule has 1 aliphatic rings. The molecule has 0 bridgehead atoms. The van der Waals surface area contributed by atoms with E-state index in [4.69, 9.17) is 4.74 Å². The molecular weight excluding hydrogens is 289 g/mol. The van der Waals surface area contributed by atoms with Crippen molar-refractivity contribution in [3.05, 3.63) is 23.9 Å². The molecule has 0 aromatic carbocycles. The summed E-state index contributed by atoms with van der Waals surface area (Å²) in [6, 6.07) is 0. The van der Waals surface area contributed by atoms with E-state index in [-0.39, 0.29) is 23.9 Å². The second kappa shape index (κ2) is 5.70. The number of aryl methyl sites for hydroxylation is 1. The number of carbonyl (C=O) groups is 1. The van der Waals surface area contributed by atoms with Crippen molar-refractivity contribution in [3.63, 3.8) is 0 Å². The van der Waals surface area contributed by atoms with E-state index in [1.54, 1.807) is 14.0 Å². The van der Waals surface area contributed by atoms with Crippen LogP contribution < -0.4 is 0 Å². The van der Waals surface area contributed by atoms with Crippen molar-refractivity contribution in [2.24, 2.45) is 13.0 Å². The highest BCUT2D eigenvalue weighted by Gasteiger charge is 2.26. The van der Waals surface area contributed by atoms with Gasteiger partial charge < -0.3 is 4.74 Å². The second-order valence-corrected chi connectivity index (χ2v) is 5.11. The summed E-state index contributed by atoms with van der Waals surface area (Å²) in [6.07, 6.45) is 5.00. The smallest absolute Gasteiger partial charge is 0.341 e. The summed E-state index contributed by atoms with van der Waals surface area (Å²) in [6.45, 7) is 2.01. The lowest BCUT2D eigenvalue weighted by atomic mass is 10.2. The minimum absolute atomic E-state index is 0.188. The van der Waals surface area contributed by atoms with E-state index >= 15 is 0 Å². The van der Waals surface area contributed by atoms with Gasteiger partial charge in [0.15, 0.2) is 17.5 Å². The number of rotatable bonds is 5. The molecule has 0 amide bonds. The molecule has 0 spiro atoms. The Morgan fingerprint density at radius 1 is 1.59 bits per heavy atom. The van der Waals surface area contributed by atoms with Crippen molar-refractivity contribution in [2.75, 3.05) is 6.61 Å². The Morgan fingerprint density at radius 3 is 2.95 bits per heavy atom. The van der Waals surface area contributed by atoms with Crippen LogP contribution in [0, 0.1) is 11.7 Å². The van der Waals surface area contributed by atoms with Gasteiger partial charge in [0.2, 0.25) is 0 Å². The van der Waals surface area contributed by atoms with Gasteiger partial charge in [0, 0.05) is 7.05 Å². The van der Waals surface area contributed by atoms with Crippen LogP contribution in [0.1, 0.15) is 25.6 Å². The van der Waals surface area contributed by atoms with Crippen molar-refractivity contribution < 1.29 is 13.9 Å². The molecule has 2 heterocycles. The lowest BCUT2D eigenvalue weighted by Gasteiger charge is -2.03. The summed E-state index contributed by atoms with van der Waals surface area (Å²) in [5.41, 5.74) is 0.503. The van der Waals surface area contributed by atoms with Gasteiger partial charge in [-0.3, -0.25) is 9.78 Å². The van der Waals surface area contributed by atoms with Crippen LogP contribution in [0.4, 0.5) is 4.39 Å². The maximum absolute atomic E-state index is 13.7. The van der Waals surface area contributed by atoms with Crippen molar-refractivity contribution >= 4 is 11.5 Å². The number of nitrogens with zero attached hydrogens (tertiary/aromatic N) is 4. The maximum atomic E-state index is 13.7. The van der Waals surface area contributed by atoms with Crippen LogP contribution in [0.5, 0.6) is 0 Å². The van der Waals surface area contributed by atoms with Crippen LogP contribution in [0.3, 0.4) is 0 Å². The summed E-state index contributed by atoms with van der Waals surface area (Å²) in [5, 5.41) is 10.5. The van der Waals surface area contributed by atoms with Gasteiger partial charge in [0.1, 0.15) is 11.3 Å². The lowest BCUT2D eigenvalue weighted by molar-refractivity contribution is -0.136. The van der Waals surface area contributed by atoms with Gasteiger partial charge in [-0.1, -0.05) is 6.08 Å². The third kappa shape index (κ3) is 2.76. The van der Waals surface area contributed by atoms with Crippen molar-refractivity contribution in [2.45, 2.75) is 19.8 Å². The molecule has 1 aliphatic carbocycles. The van der Waals surface area contributed by atoms with Crippen LogP contribution in [0.15, 0.2) is 12.3 Å². The normalized spacial score (nSPS) is 15.1. The summed E-state index contributed by atoms with van der Waals surface area (Å²) >= 11 is 0. The molecule has 8 heteroatoms. The molecule has 0 saturated heterocycles. The highest BCUT2D eigenvalue weighted by molar-refractivity contribution is 6.15. The van der Waals surface area contributed by atoms with Gasteiger partial charge in [-0.15, -0.1) is 0 Å². The largest absolute Gasteiger partial charge is 0.462 e. The third-order valence-electron chi connectivity index (χ3n) is 3.36. The first kappa shape index (κ1) is 14.4. The number of aromatic nitrogens is 5. The minimum atomic E-state index is -0.506. The molecule has 0 radical (unpaired) electrons. The number of nitrogens with one attached hydrogen (secondary N) is 1. The highest BCUT2D eigenvalue weighted by Crippen LogP contribution is 2.33. The zero-order valence-electron chi connectivity index (χ0n) is 12.3. The Labute approximate surface area is 126 Å². The number of H-pyrrole nitrogens is 1. The second-order valence-electron chi connectivity index (χ2n) is 5.11. The van der Waals surface area contributed by atoms with Crippen LogP contribution >= 0.6 is 0 Å². The zero-order valence-corrected chi connectivity index (χ0v) is 12.3. The van der Waals surface area contributed by atoms with E-state index in [1.807, 2.05) is 6.08 Å². The van der Waals surface area contributed by atoms with Crippen LogP contribution in [-0.4, -0.2) is 37.5 Å². The first-order chi connectivity index (χ1) is 10.6. The van der Waals surface area contributed by atoms with Gasteiger partial charge in [-0.05, 0) is 25.7 Å². The summed E-state index contributed by atoms with van der Waals surface area (Å²) in [5.74, 6) is -0.186. The van der Waals surface area contributed by atoms with Crippen molar-refractivity contribution in [1.82, 2.24) is 25.0 Å². The van der Waals surface area contributed by atoms with E-state index in [0.29, 0.717) is 11.5 Å². The predicted octanol–water partition coefficient (Wildman–Crippen LogP) is 1.70. The Hall–Kier alpha value is -2.51. The Balaban J connectivity index is 1.95. The molecule has 1 fully saturated rings. The van der Waals surface area contributed by atoms with Crippen LogP contribution in [0.25, 0.3) is 17.1 Å². The fraction of sp³-hybridized carbons (Fsp3) is 0.429. The van der Waals surface area contributed by atoms with Gasteiger partial charge in [0.25, 0.3) is 0 Å². The standard InChI is InChI=1S/C14H16FN5O2/c1-3-22-14(21)9(6-8-4-5-8)12-17-13(19-18-12)11-10(15)7-16-20(11)2/h6-8H,3-5H2,1-2H3,(H,17,18,19)/b9-6-. The molecule has 22 heavy (non-hydrogen) atoms. The molecular formula is C14H16FN5O2. The number of ether oxygens (including phenoxy) is 1. The monoisotopic (exact) mass is 305 g/mol. The summed E-state index contributed by atoms with van der Waals surface area (Å²) in [7, 11) is 1.60. The molecule has 0 atom stereocenters. The number of halogens is 1. The average Bonchev–Trinajstić information content (AvgIpc) is 3.09. The van der Waals surface area contributed by atoms with Crippen molar-refractivity contribution in [3.8, 4) is 11.5 Å². The van der Waals surface area contributed by atoms with E-state index in [2.05, 4.69) is 20.3 Å². The van der Waals surface area contributed by atoms with E-state index in [9.17, 15) is 9.18 Å². The first-order valence-electron chi connectivity index (χ1n) is 7.09. The molecule has 1 saturated carbocycles. The lowest BCUT2D eigenvalue weighted by Crippen LogP contribution is -2.08. The van der Waals surface area contributed by atoms with Gasteiger partial charge in [0.05, 0.1) is 12.8 Å². The van der Waals surface area contributed by atoms with Gasteiger partial charge in [-0.2, -0.15) is 10.2 Å². The number of esters is 1. The average molecular weight is 305 g/mol. The van der Waals surface area contributed by atoms with Gasteiger partial charge >= 0.3 is 5.97 Å². The predicted molar refractivity (Wildman–Crippen MR) is 75.9 cm³/mol. The maximum Gasteiger partial charge on any atom is 0.341 e. The van der Waals surface area contributed by atoms with Gasteiger partial charge in [-0.25, -0.2) is 14.2 Å². The van der Waals surface area contributed by atoms with E-state index in [0.717, 1.165) is 19.0 Å². The van der Waals surface area contributed by atoms with Crippen LogP contribution in [-0.2, 0) is 16.6 Å². The number of hydrogen-bond acceptors (Lipinski definition) is 5. The molecule has 116 valence electrons. The van der Waals surface area contributed by atoms with Crippen LogP contribution in [0.2, 0.25) is 0 Å². The fourth-order valence-electron chi connectivity index (χ4n) is 2.11. The molecule has 2 aromatic rings. The molecule has 0 unspecified atom stereocenters. The Bertz CT molecular complexity index is 710. The fourth-order valence-corrected chi connectivity index (χ4v) is 2.11. The Kier molecular flexibility index (Phi) is 3.74. The molecule has 2 aromatic heterocycles. The highest BCUT2D eigenvalue weighted by atomic mass is 19.1. The quantitative estimate of drug-likeness (QED) is 0.671. The topological polar surface area (TPSA) is 85.7 Å². The summed E-state index contributed by atoms with van der Waals surface area (Å²) in [4.78, 5) is 16.3. The number of carbonyl (C=O) groups excluding carboxylic acids is 1. The number of hydrogen-bond donors (Lipinski definition) is 1. The molecule has 1 N–H and O–H groups in total. The molecule has 0 aliphatic heterocycles. The SMILES string of the molecule is CCOC(=O)/C(=C\C1CC1)c1n[nH]c(-c2c(F)cnn2C)n1. The minimum Gasteiger partial charge on any atom is -0.462 e. The molecule has 7 nitrogen and oxygen atoms in total. The number of allylic oxidation sites excluding steroid dienone is 1. The zero-order chi connectivity index (χ0) is 15.7. The Morgan fingerprint density at radius 2 is 2.36 bits per heavy atom. The van der Waals surface area contributed by atoms with E-state index < -0.39 is 11.8 Å². The van der Waals surface area contributed by atoms with Crippen molar-refractivity contribution in [1.29, 1.82) is 0 Å². The van der Waals surface area contributed by atoms with E-state index in [1.165, 1.54) is 4.68 Å². The first-order valence-corrected chi connectivity index (χ1v) is 7.09.